The van der Waals surface area contributed by atoms with Gasteiger partial charge in [0.25, 0.3) is 0 Å². The molecule has 27 heavy (non-hydrogen) atoms. The zero-order valence-electron chi connectivity index (χ0n) is 15.6. The SMILES string of the molecule is CCCCCCCCCCCCCC(F)C(F)(F)C(F)(F)C(F)(F)C(=O)O. The molecule has 0 aromatic carbocycles. The van der Waals surface area contributed by atoms with Crippen LogP contribution in [-0.2, 0) is 4.79 Å². The highest BCUT2D eigenvalue weighted by molar-refractivity contribution is 5.77. The van der Waals surface area contributed by atoms with Gasteiger partial charge in [-0.25, -0.2) is 9.18 Å². The average Bonchev–Trinajstić information content (AvgIpc) is 2.58. The predicted octanol–water partition coefficient (Wildman–Crippen LogP) is 7.02. The highest BCUT2D eigenvalue weighted by Gasteiger charge is 2.77. The van der Waals surface area contributed by atoms with Gasteiger partial charge in [0.2, 0.25) is 0 Å². The number of rotatable bonds is 16. The lowest BCUT2D eigenvalue weighted by atomic mass is 9.96. The number of unbranched alkanes of at least 4 members (excludes halogenated alkanes) is 10. The molecule has 9 heteroatoms. The van der Waals surface area contributed by atoms with Gasteiger partial charge in [0, 0.05) is 0 Å². The van der Waals surface area contributed by atoms with Crippen LogP contribution in [-0.4, -0.2) is 35.0 Å². The number of carboxylic acid groups (broad SMARTS) is 1. The van der Waals surface area contributed by atoms with Crippen LogP contribution in [0.3, 0.4) is 0 Å². The summed E-state index contributed by atoms with van der Waals surface area (Å²) in [5.41, 5.74) is 0. The Morgan fingerprint density at radius 3 is 1.52 bits per heavy atom. The zero-order chi connectivity index (χ0) is 21.1. The Hall–Kier alpha value is -1.02. The van der Waals surface area contributed by atoms with Gasteiger partial charge >= 0.3 is 23.7 Å². The molecule has 0 aliphatic rings. The molecule has 1 atom stereocenters. The summed E-state index contributed by atoms with van der Waals surface area (Å²) in [7, 11) is 0. The van der Waals surface area contributed by atoms with Gasteiger partial charge in [-0.1, -0.05) is 77.6 Å². The summed E-state index contributed by atoms with van der Waals surface area (Å²) in [5, 5.41) is 8.01. The van der Waals surface area contributed by atoms with Gasteiger partial charge in [-0.3, -0.25) is 0 Å². The van der Waals surface area contributed by atoms with Crippen LogP contribution in [0, 0.1) is 0 Å². The maximum absolute atomic E-state index is 13.5. The molecule has 1 unspecified atom stereocenters. The normalized spacial score (nSPS) is 14.4. The highest BCUT2D eigenvalue weighted by atomic mass is 19.3. The second-order valence-corrected chi connectivity index (χ2v) is 6.87. The molecule has 0 saturated carbocycles. The van der Waals surface area contributed by atoms with E-state index in [1.54, 1.807) is 0 Å². The molecule has 0 rings (SSSR count). The molecule has 0 bridgehead atoms. The smallest absolute Gasteiger partial charge is 0.410 e. The Morgan fingerprint density at radius 2 is 1.15 bits per heavy atom. The van der Waals surface area contributed by atoms with Gasteiger partial charge < -0.3 is 5.11 Å². The summed E-state index contributed by atoms with van der Waals surface area (Å²) in [6.07, 6.45) is 4.75. The molecule has 0 amide bonds. The van der Waals surface area contributed by atoms with Crippen LogP contribution in [0.5, 0.6) is 0 Å². The molecule has 0 saturated heterocycles. The van der Waals surface area contributed by atoms with Crippen molar-refractivity contribution in [3.63, 3.8) is 0 Å². The fourth-order valence-electron chi connectivity index (χ4n) is 2.71. The Kier molecular flexibility index (Phi) is 11.3. The van der Waals surface area contributed by atoms with E-state index in [4.69, 9.17) is 5.11 Å². The minimum Gasteiger partial charge on any atom is -0.477 e. The first-order valence-corrected chi connectivity index (χ1v) is 9.43. The van der Waals surface area contributed by atoms with Crippen LogP contribution in [0.25, 0.3) is 0 Å². The lowest BCUT2D eigenvalue weighted by Crippen LogP contribution is -2.61. The van der Waals surface area contributed by atoms with Gasteiger partial charge in [-0.2, -0.15) is 26.3 Å². The number of halogens is 7. The van der Waals surface area contributed by atoms with Crippen molar-refractivity contribution in [1.82, 2.24) is 0 Å². The molecular formula is C18H29F7O2. The maximum atomic E-state index is 13.5. The topological polar surface area (TPSA) is 37.3 Å². The van der Waals surface area contributed by atoms with Crippen molar-refractivity contribution in [3.8, 4) is 0 Å². The maximum Gasteiger partial charge on any atom is 0.410 e. The Balaban J connectivity index is 4.13. The minimum atomic E-state index is -6.32. The first-order valence-electron chi connectivity index (χ1n) is 9.43. The molecule has 0 heterocycles. The third-order valence-corrected chi connectivity index (χ3v) is 4.54. The van der Waals surface area contributed by atoms with Gasteiger partial charge in [0.05, 0.1) is 0 Å². The minimum absolute atomic E-state index is 0.165. The van der Waals surface area contributed by atoms with E-state index in [1.165, 1.54) is 12.8 Å². The fourth-order valence-corrected chi connectivity index (χ4v) is 2.71. The lowest BCUT2D eigenvalue weighted by Gasteiger charge is -2.32. The van der Waals surface area contributed by atoms with Crippen molar-refractivity contribution in [2.45, 2.75) is 108 Å². The Morgan fingerprint density at radius 1 is 0.778 bits per heavy atom. The molecule has 0 radical (unpaired) electrons. The summed E-state index contributed by atoms with van der Waals surface area (Å²) in [4.78, 5) is 10.1. The van der Waals surface area contributed by atoms with Crippen LogP contribution in [0.2, 0.25) is 0 Å². The summed E-state index contributed by atoms with van der Waals surface area (Å²) in [5.74, 6) is -21.6. The van der Waals surface area contributed by atoms with E-state index in [9.17, 15) is 35.5 Å². The van der Waals surface area contributed by atoms with Crippen molar-refractivity contribution in [1.29, 1.82) is 0 Å². The van der Waals surface area contributed by atoms with Crippen molar-refractivity contribution < 1.29 is 40.6 Å². The average molecular weight is 410 g/mol. The Labute approximate surface area is 155 Å². The van der Waals surface area contributed by atoms with Gasteiger partial charge in [-0.15, -0.1) is 0 Å². The van der Waals surface area contributed by atoms with E-state index in [0.717, 1.165) is 38.5 Å². The summed E-state index contributed by atoms with van der Waals surface area (Å²) in [6.45, 7) is 2.12. The van der Waals surface area contributed by atoms with Crippen molar-refractivity contribution in [2.24, 2.45) is 0 Å². The number of aliphatic carboxylic acids is 1. The molecule has 0 fully saturated rings. The quantitative estimate of drug-likeness (QED) is 0.219. The molecule has 162 valence electrons. The number of hydrogen-bond acceptors (Lipinski definition) is 1. The number of alkyl halides is 7. The van der Waals surface area contributed by atoms with E-state index in [2.05, 4.69) is 6.92 Å². The molecule has 0 aliphatic heterocycles. The fraction of sp³-hybridized carbons (Fsp3) is 0.944. The monoisotopic (exact) mass is 410 g/mol. The highest BCUT2D eigenvalue weighted by Crippen LogP contribution is 2.49. The molecule has 0 aromatic rings. The van der Waals surface area contributed by atoms with Crippen molar-refractivity contribution in [3.05, 3.63) is 0 Å². The summed E-state index contributed by atoms with van der Waals surface area (Å²) >= 11 is 0. The molecule has 2 nitrogen and oxygen atoms in total. The number of hydrogen-bond donors (Lipinski definition) is 1. The van der Waals surface area contributed by atoms with Crippen LogP contribution in [0.1, 0.15) is 84.0 Å². The van der Waals surface area contributed by atoms with E-state index >= 15 is 0 Å². The third-order valence-electron chi connectivity index (χ3n) is 4.54. The first-order chi connectivity index (χ1) is 12.4. The predicted molar refractivity (Wildman–Crippen MR) is 88.5 cm³/mol. The van der Waals surface area contributed by atoms with Crippen LogP contribution in [0.15, 0.2) is 0 Å². The number of carboxylic acids is 1. The van der Waals surface area contributed by atoms with E-state index in [-0.39, 0.29) is 6.42 Å². The zero-order valence-corrected chi connectivity index (χ0v) is 15.6. The van der Waals surface area contributed by atoms with Crippen molar-refractivity contribution >= 4 is 5.97 Å². The van der Waals surface area contributed by atoms with Gasteiger partial charge in [-0.05, 0) is 6.42 Å². The van der Waals surface area contributed by atoms with E-state index in [0.29, 0.717) is 12.8 Å². The Bertz CT molecular complexity index is 428. The molecule has 0 spiro atoms. The molecule has 0 aromatic heterocycles. The summed E-state index contributed by atoms with van der Waals surface area (Å²) in [6, 6.07) is 0. The lowest BCUT2D eigenvalue weighted by molar-refractivity contribution is -0.318. The van der Waals surface area contributed by atoms with E-state index in [1.807, 2.05) is 0 Å². The van der Waals surface area contributed by atoms with E-state index < -0.39 is 36.3 Å². The van der Waals surface area contributed by atoms with Crippen LogP contribution >= 0.6 is 0 Å². The molecule has 0 aliphatic carbocycles. The first kappa shape index (κ1) is 26.0. The van der Waals surface area contributed by atoms with Gasteiger partial charge in [0.15, 0.2) is 6.17 Å². The largest absolute Gasteiger partial charge is 0.477 e. The second kappa shape index (κ2) is 11.7. The second-order valence-electron chi connectivity index (χ2n) is 6.87. The van der Waals surface area contributed by atoms with Gasteiger partial charge in [0.1, 0.15) is 0 Å². The third kappa shape index (κ3) is 7.49. The standard InChI is InChI=1S/C18H29F7O2/c1-2-3-4-5-6-7-8-9-10-11-12-13-14(19)16(20,21)18(24,25)17(22,23)15(26)27/h14H,2-13H2,1H3,(H,26,27). The van der Waals surface area contributed by atoms with Crippen LogP contribution < -0.4 is 0 Å². The molecular weight excluding hydrogens is 381 g/mol. The molecule has 1 N–H and O–H groups in total. The van der Waals surface area contributed by atoms with Crippen molar-refractivity contribution in [2.75, 3.05) is 0 Å². The number of carbonyl (C=O) groups is 1. The summed E-state index contributed by atoms with van der Waals surface area (Å²) < 4.78 is 92.3. The van der Waals surface area contributed by atoms with Crippen LogP contribution in [0.4, 0.5) is 30.7 Å².